The summed E-state index contributed by atoms with van der Waals surface area (Å²) in [6.45, 7) is 0. The number of aliphatic hydroxyl groups is 1. The Morgan fingerprint density at radius 2 is 1.87 bits per heavy atom. The molecule has 0 aliphatic heterocycles. The van der Waals surface area contributed by atoms with Crippen molar-refractivity contribution in [2.24, 2.45) is 0 Å². The predicted molar refractivity (Wildman–Crippen MR) is 66.7 cm³/mol. The molecule has 2 aromatic rings. The van der Waals surface area contributed by atoms with Crippen LogP contribution in [0.3, 0.4) is 0 Å². The number of thiol groups is 1. The van der Waals surface area contributed by atoms with E-state index in [4.69, 9.17) is 0 Å². The lowest BCUT2D eigenvalue weighted by molar-refractivity contribution is 0.182. The van der Waals surface area contributed by atoms with Crippen LogP contribution in [-0.2, 0) is 6.42 Å². The standard InChI is InChI=1S/C12H12OS2/c13-10(11-6-7-12(14)15-11)8-9-4-2-1-3-5-9/h1-7,10,13-14H,8H2. The van der Waals surface area contributed by atoms with Crippen LogP contribution in [0.25, 0.3) is 0 Å². The van der Waals surface area contributed by atoms with Crippen molar-refractivity contribution >= 4 is 24.0 Å². The number of rotatable bonds is 3. The van der Waals surface area contributed by atoms with E-state index in [9.17, 15) is 5.11 Å². The quantitative estimate of drug-likeness (QED) is 0.783. The largest absolute Gasteiger partial charge is 0.387 e. The summed E-state index contributed by atoms with van der Waals surface area (Å²) in [6.07, 6.45) is 0.243. The van der Waals surface area contributed by atoms with Crippen molar-refractivity contribution in [2.75, 3.05) is 0 Å². The molecule has 0 spiro atoms. The van der Waals surface area contributed by atoms with Gasteiger partial charge in [0.15, 0.2) is 0 Å². The Balaban J connectivity index is 2.07. The van der Waals surface area contributed by atoms with Crippen molar-refractivity contribution in [1.82, 2.24) is 0 Å². The van der Waals surface area contributed by atoms with Crippen LogP contribution in [0.5, 0.6) is 0 Å². The summed E-state index contributed by atoms with van der Waals surface area (Å²) in [5.41, 5.74) is 1.15. The van der Waals surface area contributed by atoms with Gasteiger partial charge in [0.2, 0.25) is 0 Å². The second kappa shape index (κ2) is 4.84. The molecule has 0 amide bonds. The van der Waals surface area contributed by atoms with E-state index in [0.717, 1.165) is 14.6 Å². The van der Waals surface area contributed by atoms with Gasteiger partial charge in [-0.3, -0.25) is 0 Å². The molecule has 1 aromatic heterocycles. The van der Waals surface area contributed by atoms with Gasteiger partial charge in [0.05, 0.1) is 10.3 Å². The molecule has 0 radical (unpaired) electrons. The topological polar surface area (TPSA) is 20.2 Å². The molecule has 0 fully saturated rings. The number of hydrogen-bond donors (Lipinski definition) is 2. The number of aliphatic hydroxyl groups excluding tert-OH is 1. The number of hydrogen-bond acceptors (Lipinski definition) is 3. The van der Waals surface area contributed by atoms with Crippen LogP contribution in [0.1, 0.15) is 16.5 Å². The smallest absolute Gasteiger partial charge is 0.0922 e. The van der Waals surface area contributed by atoms with Gasteiger partial charge in [0.1, 0.15) is 0 Å². The van der Waals surface area contributed by atoms with E-state index in [2.05, 4.69) is 12.6 Å². The minimum atomic E-state index is -0.418. The van der Waals surface area contributed by atoms with Crippen LogP contribution in [0.4, 0.5) is 0 Å². The van der Waals surface area contributed by atoms with E-state index >= 15 is 0 Å². The first kappa shape index (κ1) is 10.7. The molecular weight excluding hydrogens is 224 g/mol. The van der Waals surface area contributed by atoms with E-state index in [-0.39, 0.29) is 0 Å². The van der Waals surface area contributed by atoms with Crippen molar-refractivity contribution in [3.63, 3.8) is 0 Å². The lowest BCUT2D eigenvalue weighted by atomic mass is 10.1. The normalized spacial score (nSPS) is 12.7. The average Bonchev–Trinajstić information content (AvgIpc) is 2.66. The molecule has 78 valence electrons. The second-order valence-corrected chi connectivity index (χ2v) is 5.28. The summed E-state index contributed by atoms with van der Waals surface area (Å²) >= 11 is 5.76. The molecule has 0 saturated carbocycles. The molecule has 1 aromatic carbocycles. The maximum absolute atomic E-state index is 9.96. The van der Waals surface area contributed by atoms with Gasteiger partial charge >= 0.3 is 0 Å². The van der Waals surface area contributed by atoms with E-state index in [1.165, 1.54) is 11.3 Å². The molecule has 1 unspecified atom stereocenters. The summed E-state index contributed by atoms with van der Waals surface area (Å²) in [5, 5.41) is 9.96. The molecule has 0 bridgehead atoms. The summed E-state index contributed by atoms with van der Waals surface area (Å²) < 4.78 is 0.942. The van der Waals surface area contributed by atoms with Crippen LogP contribution < -0.4 is 0 Å². The van der Waals surface area contributed by atoms with Gasteiger partial charge in [-0.1, -0.05) is 30.3 Å². The first-order valence-electron chi connectivity index (χ1n) is 4.76. The van der Waals surface area contributed by atoms with Gasteiger partial charge in [-0.05, 0) is 17.7 Å². The third-order valence-corrected chi connectivity index (χ3v) is 3.62. The van der Waals surface area contributed by atoms with Gasteiger partial charge in [-0.2, -0.15) is 0 Å². The van der Waals surface area contributed by atoms with Gasteiger partial charge in [-0.25, -0.2) is 0 Å². The monoisotopic (exact) mass is 236 g/mol. The van der Waals surface area contributed by atoms with Gasteiger partial charge in [0.25, 0.3) is 0 Å². The van der Waals surface area contributed by atoms with Crippen molar-refractivity contribution < 1.29 is 5.11 Å². The Bertz CT molecular complexity index is 422. The maximum atomic E-state index is 9.96. The van der Waals surface area contributed by atoms with E-state index in [0.29, 0.717) is 6.42 Å². The third kappa shape index (κ3) is 2.84. The zero-order chi connectivity index (χ0) is 10.7. The van der Waals surface area contributed by atoms with Crippen LogP contribution in [-0.4, -0.2) is 5.11 Å². The predicted octanol–water partition coefficient (Wildman–Crippen LogP) is 3.31. The summed E-state index contributed by atoms with van der Waals surface area (Å²) in [4.78, 5) is 0.976. The first-order valence-corrected chi connectivity index (χ1v) is 6.03. The molecule has 15 heavy (non-hydrogen) atoms. The van der Waals surface area contributed by atoms with Crippen molar-refractivity contribution in [1.29, 1.82) is 0 Å². The van der Waals surface area contributed by atoms with Crippen molar-refractivity contribution in [3.8, 4) is 0 Å². The summed E-state index contributed by atoms with van der Waals surface area (Å²) in [5.74, 6) is 0. The fraction of sp³-hybridized carbons (Fsp3) is 0.167. The Morgan fingerprint density at radius 3 is 2.47 bits per heavy atom. The van der Waals surface area contributed by atoms with Crippen LogP contribution >= 0.6 is 24.0 Å². The molecule has 1 N–H and O–H groups in total. The number of thiophene rings is 1. The maximum Gasteiger partial charge on any atom is 0.0922 e. The van der Waals surface area contributed by atoms with Crippen molar-refractivity contribution in [2.45, 2.75) is 16.7 Å². The minimum Gasteiger partial charge on any atom is -0.387 e. The fourth-order valence-electron chi connectivity index (χ4n) is 1.46. The van der Waals surface area contributed by atoms with Gasteiger partial charge < -0.3 is 5.11 Å². The molecule has 3 heteroatoms. The zero-order valence-corrected chi connectivity index (χ0v) is 9.84. The third-order valence-electron chi connectivity index (χ3n) is 2.21. The van der Waals surface area contributed by atoms with Crippen LogP contribution in [0, 0.1) is 0 Å². The molecule has 1 nitrogen and oxygen atoms in total. The summed E-state index contributed by atoms with van der Waals surface area (Å²) in [6, 6.07) is 13.8. The zero-order valence-electron chi connectivity index (χ0n) is 8.13. The highest BCUT2D eigenvalue weighted by Gasteiger charge is 2.10. The van der Waals surface area contributed by atoms with E-state index in [1.807, 2.05) is 42.5 Å². The molecule has 0 saturated heterocycles. The van der Waals surface area contributed by atoms with Gasteiger partial charge in [-0.15, -0.1) is 24.0 Å². The highest BCUT2D eigenvalue weighted by atomic mass is 32.2. The Kier molecular flexibility index (Phi) is 3.46. The second-order valence-electron chi connectivity index (χ2n) is 3.38. The first-order chi connectivity index (χ1) is 7.25. The molecular formula is C12H12OS2. The van der Waals surface area contributed by atoms with E-state index < -0.39 is 6.10 Å². The van der Waals surface area contributed by atoms with Crippen molar-refractivity contribution in [3.05, 3.63) is 52.9 Å². The highest BCUT2D eigenvalue weighted by Crippen LogP contribution is 2.27. The molecule has 0 aliphatic rings. The Morgan fingerprint density at radius 1 is 1.13 bits per heavy atom. The minimum absolute atomic E-state index is 0.418. The highest BCUT2D eigenvalue weighted by molar-refractivity contribution is 7.82. The summed E-state index contributed by atoms with van der Waals surface area (Å²) in [7, 11) is 0. The molecule has 2 rings (SSSR count). The number of benzene rings is 1. The van der Waals surface area contributed by atoms with Gasteiger partial charge in [0, 0.05) is 11.3 Å². The lowest BCUT2D eigenvalue weighted by Crippen LogP contribution is -1.98. The Hall–Kier alpha value is -0.770. The van der Waals surface area contributed by atoms with E-state index in [1.54, 1.807) is 0 Å². The Labute approximate surface area is 98.8 Å². The molecule has 1 heterocycles. The van der Waals surface area contributed by atoms with Crippen LogP contribution in [0.2, 0.25) is 0 Å². The molecule has 1 atom stereocenters. The molecule has 0 aliphatic carbocycles. The van der Waals surface area contributed by atoms with Crippen LogP contribution in [0.15, 0.2) is 46.7 Å². The SMILES string of the molecule is OC(Cc1ccccc1)c1ccc(S)s1. The lowest BCUT2D eigenvalue weighted by Gasteiger charge is -2.07. The fourth-order valence-corrected chi connectivity index (χ4v) is 2.58. The average molecular weight is 236 g/mol.